The quantitative estimate of drug-likeness (QED) is 0.814. The lowest BCUT2D eigenvalue weighted by molar-refractivity contribution is -0.119. The molecule has 94 valence electrons. The molecule has 0 saturated heterocycles. The smallest absolute Gasteiger partial charge is 0.228 e. The van der Waals surface area contributed by atoms with Crippen molar-refractivity contribution >= 4 is 17.3 Å². The van der Waals surface area contributed by atoms with Gasteiger partial charge in [-0.2, -0.15) is 0 Å². The van der Waals surface area contributed by atoms with Crippen molar-refractivity contribution in [2.24, 2.45) is 5.92 Å². The van der Waals surface area contributed by atoms with Gasteiger partial charge < -0.3 is 15.5 Å². The normalized spacial score (nSPS) is 12.0. The van der Waals surface area contributed by atoms with E-state index in [-0.39, 0.29) is 11.8 Å². The lowest BCUT2D eigenvalue weighted by atomic mass is 10.1. The van der Waals surface area contributed by atoms with Gasteiger partial charge in [-0.15, -0.1) is 0 Å². The van der Waals surface area contributed by atoms with Crippen LogP contribution in [-0.2, 0) is 4.79 Å². The van der Waals surface area contributed by atoms with Crippen LogP contribution in [0.4, 0.5) is 11.4 Å². The second kappa shape index (κ2) is 6.25. The van der Waals surface area contributed by atoms with Crippen molar-refractivity contribution in [1.82, 2.24) is 5.32 Å². The number of anilines is 2. The van der Waals surface area contributed by atoms with Crippen LogP contribution in [0.1, 0.15) is 6.92 Å². The Kier molecular flexibility index (Phi) is 4.97. The Hall–Kier alpha value is -1.55. The number of hydrogen-bond acceptors (Lipinski definition) is 3. The molecule has 1 aromatic rings. The lowest BCUT2D eigenvalue weighted by Gasteiger charge is -2.15. The molecule has 1 rings (SSSR count). The fourth-order valence-electron chi connectivity index (χ4n) is 1.53. The third-order valence-corrected chi connectivity index (χ3v) is 2.59. The summed E-state index contributed by atoms with van der Waals surface area (Å²) in [4.78, 5) is 13.8. The minimum Gasteiger partial charge on any atom is -0.378 e. The van der Waals surface area contributed by atoms with E-state index in [9.17, 15) is 4.79 Å². The van der Waals surface area contributed by atoms with Crippen LogP contribution < -0.4 is 15.5 Å². The summed E-state index contributed by atoms with van der Waals surface area (Å²) in [5, 5.41) is 5.91. The zero-order valence-corrected chi connectivity index (χ0v) is 10.9. The highest BCUT2D eigenvalue weighted by molar-refractivity contribution is 5.92. The molecule has 0 aliphatic rings. The Morgan fingerprint density at radius 2 is 2.12 bits per heavy atom. The van der Waals surface area contributed by atoms with E-state index in [0.29, 0.717) is 6.54 Å². The average Bonchev–Trinajstić information content (AvgIpc) is 2.29. The first kappa shape index (κ1) is 13.5. The van der Waals surface area contributed by atoms with E-state index in [4.69, 9.17) is 0 Å². The fraction of sp³-hybridized carbons (Fsp3) is 0.462. The highest BCUT2D eigenvalue weighted by Gasteiger charge is 2.11. The van der Waals surface area contributed by atoms with E-state index in [0.717, 1.165) is 11.4 Å². The summed E-state index contributed by atoms with van der Waals surface area (Å²) in [7, 11) is 5.80. The van der Waals surface area contributed by atoms with E-state index in [1.54, 1.807) is 0 Å². The van der Waals surface area contributed by atoms with E-state index < -0.39 is 0 Å². The SMILES string of the molecule is CNCC(C)C(=O)Nc1cccc(N(C)C)c1. The molecule has 17 heavy (non-hydrogen) atoms. The molecule has 0 heterocycles. The molecule has 4 nitrogen and oxygen atoms in total. The Morgan fingerprint density at radius 1 is 1.41 bits per heavy atom. The molecule has 0 aromatic heterocycles. The fourth-order valence-corrected chi connectivity index (χ4v) is 1.53. The molecule has 1 aromatic carbocycles. The number of carbonyl (C=O) groups is 1. The maximum atomic E-state index is 11.8. The van der Waals surface area contributed by atoms with Gasteiger partial charge in [-0.05, 0) is 25.2 Å². The molecule has 1 amide bonds. The number of nitrogens with zero attached hydrogens (tertiary/aromatic N) is 1. The van der Waals surface area contributed by atoms with Gasteiger partial charge in [0.15, 0.2) is 0 Å². The third-order valence-electron chi connectivity index (χ3n) is 2.59. The van der Waals surface area contributed by atoms with Gasteiger partial charge in [0.2, 0.25) is 5.91 Å². The van der Waals surface area contributed by atoms with Crippen LogP contribution in [0.25, 0.3) is 0 Å². The Bertz CT molecular complexity index is 377. The molecule has 0 saturated carbocycles. The Labute approximate surface area is 103 Å². The lowest BCUT2D eigenvalue weighted by Crippen LogP contribution is -2.28. The van der Waals surface area contributed by atoms with Crippen molar-refractivity contribution in [3.8, 4) is 0 Å². The summed E-state index contributed by atoms with van der Waals surface area (Å²) in [6, 6.07) is 7.81. The first-order chi connectivity index (χ1) is 8.04. The molecule has 0 radical (unpaired) electrons. The highest BCUT2D eigenvalue weighted by Crippen LogP contribution is 2.17. The number of nitrogens with one attached hydrogen (secondary N) is 2. The van der Waals surface area contributed by atoms with E-state index >= 15 is 0 Å². The van der Waals surface area contributed by atoms with Crippen LogP contribution in [0.3, 0.4) is 0 Å². The highest BCUT2D eigenvalue weighted by atomic mass is 16.1. The Balaban J connectivity index is 2.68. The summed E-state index contributed by atoms with van der Waals surface area (Å²) in [6.07, 6.45) is 0. The van der Waals surface area contributed by atoms with E-state index in [1.165, 1.54) is 0 Å². The van der Waals surface area contributed by atoms with Crippen molar-refractivity contribution in [3.05, 3.63) is 24.3 Å². The van der Waals surface area contributed by atoms with E-state index in [1.807, 2.05) is 57.2 Å². The van der Waals surface area contributed by atoms with Gasteiger partial charge >= 0.3 is 0 Å². The van der Waals surface area contributed by atoms with Crippen molar-refractivity contribution in [2.45, 2.75) is 6.92 Å². The van der Waals surface area contributed by atoms with Crippen molar-refractivity contribution in [2.75, 3.05) is 37.9 Å². The first-order valence-corrected chi connectivity index (χ1v) is 5.77. The molecule has 2 N–H and O–H groups in total. The number of hydrogen-bond donors (Lipinski definition) is 2. The maximum Gasteiger partial charge on any atom is 0.228 e. The molecular formula is C13H21N3O. The van der Waals surface area contributed by atoms with Gasteiger partial charge in [0.1, 0.15) is 0 Å². The van der Waals surface area contributed by atoms with Gasteiger partial charge in [-0.1, -0.05) is 13.0 Å². The van der Waals surface area contributed by atoms with E-state index in [2.05, 4.69) is 10.6 Å². The molecule has 0 aliphatic heterocycles. The number of benzene rings is 1. The molecule has 0 bridgehead atoms. The zero-order valence-electron chi connectivity index (χ0n) is 10.9. The van der Waals surface area contributed by atoms with Crippen LogP contribution in [0, 0.1) is 5.92 Å². The summed E-state index contributed by atoms with van der Waals surface area (Å²) in [5.41, 5.74) is 1.91. The molecular weight excluding hydrogens is 214 g/mol. The van der Waals surface area contributed by atoms with Crippen molar-refractivity contribution in [1.29, 1.82) is 0 Å². The molecule has 0 aliphatic carbocycles. The van der Waals surface area contributed by atoms with Crippen LogP contribution in [0.15, 0.2) is 24.3 Å². The van der Waals surface area contributed by atoms with Crippen LogP contribution in [0.2, 0.25) is 0 Å². The number of rotatable bonds is 5. The summed E-state index contributed by atoms with van der Waals surface area (Å²) < 4.78 is 0. The molecule has 1 atom stereocenters. The molecule has 0 spiro atoms. The number of amides is 1. The monoisotopic (exact) mass is 235 g/mol. The minimum atomic E-state index is -0.0389. The average molecular weight is 235 g/mol. The van der Waals surface area contributed by atoms with Gasteiger partial charge in [0.25, 0.3) is 0 Å². The molecule has 4 heteroatoms. The zero-order chi connectivity index (χ0) is 12.8. The summed E-state index contributed by atoms with van der Waals surface area (Å²) in [6.45, 7) is 2.58. The predicted octanol–water partition coefficient (Wildman–Crippen LogP) is 1.55. The van der Waals surface area contributed by atoms with Gasteiger partial charge in [0, 0.05) is 37.9 Å². The van der Waals surface area contributed by atoms with Gasteiger partial charge in [0.05, 0.1) is 0 Å². The minimum absolute atomic E-state index is 0.0373. The van der Waals surface area contributed by atoms with Gasteiger partial charge in [-0.25, -0.2) is 0 Å². The molecule has 1 unspecified atom stereocenters. The van der Waals surface area contributed by atoms with Crippen molar-refractivity contribution < 1.29 is 4.79 Å². The maximum absolute atomic E-state index is 11.8. The third kappa shape index (κ3) is 4.07. The van der Waals surface area contributed by atoms with Crippen LogP contribution >= 0.6 is 0 Å². The van der Waals surface area contributed by atoms with Gasteiger partial charge in [-0.3, -0.25) is 4.79 Å². The van der Waals surface area contributed by atoms with Crippen molar-refractivity contribution in [3.63, 3.8) is 0 Å². The summed E-state index contributed by atoms with van der Waals surface area (Å²) in [5.74, 6) is -0.00160. The standard InChI is InChI=1S/C13H21N3O/c1-10(9-14-2)13(17)15-11-6-5-7-12(8-11)16(3)4/h5-8,10,14H,9H2,1-4H3,(H,15,17). The second-order valence-corrected chi connectivity index (χ2v) is 4.39. The van der Waals surface area contributed by atoms with Crippen LogP contribution in [0.5, 0.6) is 0 Å². The first-order valence-electron chi connectivity index (χ1n) is 5.77. The van der Waals surface area contributed by atoms with Crippen LogP contribution in [-0.4, -0.2) is 33.6 Å². The molecule has 0 fully saturated rings. The summed E-state index contributed by atoms with van der Waals surface area (Å²) >= 11 is 0. The second-order valence-electron chi connectivity index (χ2n) is 4.39. The topological polar surface area (TPSA) is 44.4 Å². The largest absolute Gasteiger partial charge is 0.378 e. The number of carbonyl (C=O) groups excluding carboxylic acids is 1. The Morgan fingerprint density at radius 3 is 2.71 bits per heavy atom. The predicted molar refractivity (Wildman–Crippen MR) is 72.5 cm³/mol.